The van der Waals surface area contributed by atoms with Gasteiger partial charge >= 0.3 is 5.97 Å². The van der Waals surface area contributed by atoms with Gasteiger partial charge in [0.05, 0.1) is 30.1 Å². The fraction of sp³-hybridized carbons (Fsp3) is 0.385. The molecule has 22 heavy (non-hydrogen) atoms. The summed E-state index contributed by atoms with van der Waals surface area (Å²) in [4.78, 5) is 33.6. The number of anilines is 1. The molecule has 0 aliphatic heterocycles. The van der Waals surface area contributed by atoms with Crippen LogP contribution < -0.4 is 11.1 Å². The van der Waals surface area contributed by atoms with Crippen molar-refractivity contribution in [3.05, 3.63) is 33.9 Å². The van der Waals surface area contributed by atoms with Crippen LogP contribution in [-0.2, 0) is 14.3 Å². The van der Waals surface area contributed by atoms with Crippen molar-refractivity contribution < 1.29 is 24.0 Å². The molecule has 0 saturated heterocycles. The predicted molar refractivity (Wildman–Crippen MR) is 77.5 cm³/mol. The number of nitrogens with zero attached hydrogens (tertiary/aromatic N) is 1. The van der Waals surface area contributed by atoms with Gasteiger partial charge in [0.15, 0.2) is 0 Å². The van der Waals surface area contributed by atoms with Crippen molar-refractivity contribution in [2.24, 2.45) is 5.73 Å². The van der Waals surface area contributed by atoms with E-state index in [1.54, 1.807) is 0 Å². The Bertz CT molecular complexity index is 571. The van der Waals surface area contributed by atoms with Crippen molar-refractivity contribution in [2.45, 2.75) is 12.5 Å². The highest BCUT2D eigenvalue weighted by molar-refractivity contribution is 5.95. The smallest absolute Gasteiger partial charge is 0.338 e. The number of carbonyl (C=O) groups excluding carboxylic acids is 2. The van der Waals surface area contributed by atoms with Gasteiger partial charge in [0.1, 0.15) is 0 Å². The molecular formula is C13H17N3O6. The number of amides is 1. The molecule has 1 aromatic carbocycles. The van der Waals surface area contributed by atoms with E-state index in [0.29, 0.717) is 0 Å². The first-order valence-corrected chi connectivity index (χ1v) is 6.31. The van der Waals surface area contributed by atoms with Crippen LogP contribution in [0.1, 0.15) is 16.8 Å². The van der Waals surface area contributed by atoms with Crippen LogP contribution in [0.3, 0.4) is 0 Å². The third kappa shape index (κ3) is 4.79. The van der Waals surface area contributed by atoms with E-state index in [4.69, 9.17) is 10.5 Å². The molecule has 1 unspecified atom stereocenters. The summed E-state index contributed by atoms with van der Waals surface area (Å²) in [7, 11) is 2.58. The molecule has 1 rings (SSSR count). The summed E-state index contributed by atoms with van der Waals surface area (Å²) in [6, 6.07) is 3.51. The van der Waals surface area contributed by atoms with Crippen LogP contribution in [-0.4, -0.2) is 43.7 Å². The van der Waals surface area contributed by atoms with Crippen molar-refractivity contribution in [3.63, 3.8) is 0 Å². The molecule has 9 nitrogen and oxygen atoms in total. The number of nitrogens with two attached hydrogens (primary N) is 1. The lowest BCUT2D eigenvalue weighted by atomic mass is 10.1. The maximum atomic E-state index is 11.8. The Morgan fingerprint density at radius 1 is 1.36 bits per heavy atom. The van der Waals surface area contributed by atoms with E-state index < -0.39 is 22.9 Å². The van der Waals surface area contributed by atoms with E-state index >= 15 is 0 Å². The lowest BCUT2D eigenvalue weighted by molar-refractivity contribution is -0.384. The average Bonchev–Trinajstić information content (AvgIpc) is 2.51. The van der Waals surface area contributed by atoms with Crippen LogP contribution in [0.4, 0.5) is 11.4 Å². The predicted octanol–water partition coefficient (Wildman–Crippen LogP) is 0.684. The number of benzene rings is 1. The van der Waals surface area contributed by atoms with Crippen molar-refractivity contribution in [1.82, 2.24) is 0 Å². The van der Waals surface area contributed by atoms with Crippen LogP contribution in [0.5, 0.6) is 0 Å². The lowest BCUT2D eigenvalue weighted by Crippen LogP contribution is -2.28. The van der Waals surface area contributed by atoms with Gasteiger partial charge in [0.25, 0.3) is 5.69 Å². The van der Waals surface area contributed by atoms with E-state index in [0.717, 1.165) is 19.2 Å². The van der Waals surface area contributed by atoms with E-state index in [9.17, 15) is 19.7 Å². The molecule has 0 aromatic heterocycles. The van der Waals surface area contributed by atoms with Gasteiger partial charge in [0, 0.05) is 31.5 Å². The maximum absolute atomic E-state index is 11.8. The Kier molecular flexibility index (Phi) is 6.42. The Hall–Kier alpha value is -2.52. The molecule has 0 fully saturated rings. The molecule has 0 saturated carbocycles. The minimum Gasteiger partial charge on any atom is -0.465 e. The summed E-state index contributed by atoms with van der Waals surface area (Å²) in [5.41, 5.74) is 5.17. The highest BCUT2D eigenvalue weighted by Crippen LogP contribution is 2.22. The van der Waals surface area contributed by atoms with Gasteiger partial charge in [-0.2, -0.15) is 0 Å². The number of non-ortho nitro benzene ring substituents is 1. The topological polar surface area (TPSA) is 134 Å². The summed E-state index contributed by atoms with van der Waals surface area (Å²) >= 11 is 0. The number of esters is 1. The summed E-state index contributed by atoms with van der Waals surface area (Å²) in [5, 5.41) is 13.3. The first kappa shape index (κ1) is 17.5. The number of nitrogens with one attached hydrogen (secondary N) is 1. The average molecular weight is 311 g/mol. The molecule has 0 radical (unpaired) electrons. The fourth-order valence-corrected chi connectivity index (χ4v) is 1.71. The lowest BCUT2D eigenvalue weighted by Gasteiger charge is -2.13. The molecule has 120 valence electrons. The molecule has 3 N–H and O–H groups in total. The molecule has 0 bridgehead atoms. The molecule has 0 heterocycles. The SMILES string of the molecule is COC(=O)c1cc(NC(=O)CC(CN)OC)cc([N+](=O)[O-])c1. The minimum absolute atomic E-state index is 0.0107. The summed E-state index contributed by atoms with van der Waals surface area (Å²) in [5.74, 6) is -1.18. The number of nitro benzene ring substituents is 1. The number of carbonyl (C=O) groups is 2. The van der Waals surface area contributed by atoms with Crippen LogP contribution in [0.25, 0.3) is 0 Å². The standard InChI is InChI=1S/C13H17N3O6/c1-21-11(7-14)6-12(17)15-9-3-8(13(18)22-2)4-10(5-9)16(19)20/h3-5,11H,6-7,14H2,1-2H3,(H,15,17). The van der Waals surface area contributed by atoms with Gasteiger partial charge in [-0.05, 0) is 6.07 Å². The zero-order chi connectivity index (χ0) is 16.7. The second-order valence-electron chi connectivity index (χ2n) is 4.36. The van der Waals surface area contributed by atoms with E-state index in [-0.39, 0.29) is 29.9 Å². The Morgan fingerprint density at radius 3 is 2.55 bits per heavy atom. The maximum Gasteiger partial charge on any atom is 0.338 e. The first-order chi connectivity index (χ1) is 10.4. The highest BCUT2D eigenvalue weighted by Gasteiger charge is 2.17. The largest absolute Gasteiger partial charge is 0.465 e. The van der Waals surface area contributed by atoms with Crippen molar-refractivity contribution in [2.75, 3.05) is 26.1 Å². The molecular weight excluding hydrogens is 294 g/mol. The zero-order valence-corrected chi connectivity index (χ0v) is 12.2. The van der Waals surface area contributed by atoms with Gasteiger partial charge < -0.3 is 20.5 Å². The van der Waals surface area contributed by atoms with E-state index in [1.165, 1.54) is 13.2 Å². The Morgan fingerprint density at radius 2 is 2.05 bits per heavy atom. The molecule has 1 aromatic rings. The van der Waals surface area contributed by atoms with Gasteiger partial charge in [-0.25, -0.2) is 4.79 Å². The van der Waals surface area contributed by atoms with Gasteiger partial charge in [-0.1, -0.05) is 0 Å². The summed E-state index contributed by atoms with van der Waals surface area (Å²) in [6.45, 7) is 0.159. The van der Waals surface area contributed by atoms with Crippen LogP contribution in [0, 0.1) is 10.1 Å². The molecule has 1 atom stereocenters. The van der Waals surface area contributed by atoms with Crippen molar-refractivity contribution in [1.29, 1.82) is 0 Å². The Balaban J connectivity index is 2.98. The molecule has 9 heteroatoms. The highest BCUT2D eigenvalue weighted by atomic mass is 16.6. The molecule has 0 aliphatic carbocycles. The van der Waals surface area contributed by atoms with Gasteiger partial charge in [-0.3, -0.25) is 14.9 Å². The van der Waals surface area contributed by atoms with Crippen LogP contribution in [0.15, 0.2) is 18.2 Å². The number of ether oxygens (including phenoxy) is 2. The number of hydrogen-bond acceptors (Lipinski definition) is 7. The first-order valence-electron chi connectivity index (χ1n) is 6.31. The van der Waals surface area contributed by atoms with E-state index in [2.05, 4.69) is 10.1 Å². The third-order valence-corrected chi connectivity index (χ3v) is 2.84. The number of methoxy groups -OCH3 is 2. The van der Waals surface area contributed by atoms with E-state index in [1.807, 2.05) is 0 Å². The fourth-order valence-electron chi connectivity index (χ4n) is 1.71. The van der Waals surface area contributed by atoms with Crippen LogP contribution >= 0.6 is 0 Å². The monoisotopic (exact) mass is 311 g/mol. The number of nitro groups is 1. The van der Waals surface area contributed by atoms with Gasteiger partial charge in [0.2, 0.25) is 5.91 Å². The van der Waals surface area contributed by atoms with Crippen molar-refractivity contribution >= 4 is 23.3 Å². The second-order valence-corrected chi connectivity index (χ2v) is 4.36. The molecule has 1 amide bonds. The Labute approximate surface area is 126 Å². The number of hydrogen-bond donors (Lipinski definition) is 2. The molecule has 0 aliphatic rings. The second kappa shape index (κ2) is 8.05. The van der Waals surface area contributed by atoms with Crippen LogP contribution in [0.2, 0.25) is 0 Å². The van der Waals surface area contributed by atoms with Gasteiger partial charge in [-0.15, -0.1) is 0 Å². The normalized spacial score (nSPS) is 11.6. The molecule has 0 spiro atoms. The summed E-state index contributed by atoms with van der Waals surface area (Å²) in [6.07, 6.45) is -0.470. The minimum atomic E-state index is -0.740. The zero-order valence-electron chi connectivity index (χ0n) is 12.2. The van der Waals surface area contributed by atoms with Crippen molar-refractivity contribution in [3.8, 4) is 0 Å². The quantitative estimate of drug-likeness (QED) is 0.429. The summed E-state index contributed by atoms with van der Waals surface area (Å²) < 4.78 is 9.50. The third-order valence-electron chi connectivity index (χ3n) is 2.84. The number of rotatable bonds is 7.